The number of aromatic amines is 1. The summed E-state index contributed by atoms with van der Waals surface area (Å²) in [6.07, 6.45) is 3.18. The lowest BCUT2D eigenvalue weighted by molar-refractivity contribution is 1.05. The average Bonchev–Trinajstić information content (AvgIpc) is 2.67. The van der Waals surface area contributed by atoms with Crippen LogP contribution < -0.4 is 10.9 Å². The van der Waals surface area contributed by atoms with E-state index in [-0.39, 0.29) is 5.56 Å². The van der Waals surface area contributed by atoms with E-state index in [1.165, 1.54) is 6.33 Å². The van der Waals surface area contributed by atoms with Crippen molar-refractivity contribution in [1.29, 1.82) is 0 Å². The molecule has 5 nitrogen and oxygen atoms in total. The van der Waals surface area contributed by atoms with E-state index in [9.17, 15) is 4.79 Å². The highest BCUT2D eigenvalue weighted by atomic mass is 79.9. The molecule has 2 aromatic heterocycles. The minimum absolute atomic E-state index is 0.196. The van der Waals surface area contributed by atoms with Gasteiger partial charge >= 0.3 is 0 Å². The van der Waals surface area contributed by atoms with Gasteiger partial charge in [-0.05, 0) is 22.9 Å². The molecule has 2 N–H and O–H groups in total. The van der Waals surface area contributed by atoms with Gasteiger partial charge in [-0.2, -0.15) is 0 Å². The van der Waals surface area contributed by atoms with Gasteiger partial charge in [0.25, 0.3) is 5.56 Å². The largest absolute Gasteiger partial charge is 0.364 e. The van der Waals surface area contributed by atoms with Gasteiger partial charge < -0.3 is 10.3 Å². The lowest BCUT2D eigenvalue weighted by Crippen LogP contribution is -2.11. The molecule has 0 amide bonds. The van der Waals surface area contributed by atoms with Crippen LogP contribution in [0.5, 0.6) is 0 Å². The Bertz CT molecular complexity index is 550. The van der Waals surface area contributed by atoms with Crippen LogP contribution in [0.2, 0.25) is 0 Å². The van der Waals surface area contributed by atoms with Gasteiger partial charge in [0.05, 0.1) is 17.9 Å². The van der Waals surface area contributed by atoms with Crippen molar-refractivity contribution in [3.8, 4) is 0 Å². The van der Waals surface area contributed by atoms with Crippen LogP contribution in [0.15, 0.2) is 21.8 Å². The first kappa shape index (κ1) is 11.3. The monoisotopic (exact) mass is 300 g/mol. The van der Waals surface area contributed by atoms with Gasteiger partial charge in [0.1, 0.15) is 10.3 Å². The summed E-state index contributed by atoms with van der Waals surface area (Å²) in [5, 5.41) is 4.10. The first-order valence-corrected chi connectivity index (χ1v) is 6.16. The second kappa shape index (κ2) is 4.75. The number of H-pyrrole nitrogens is 1. The topological polar surface area (TPSA) is 70.7 Å². The molecule has 0 aromatic carbocycles. The van der Waals surface area contributed by atoms with Crippen LogP contribution in [-0.4, -0.2) is 15.0 Å². The molecule has 0 spiro atoms. The van der Waals surface area contributed by atoms with Crippen LogP contribution in [-0.2, 0) is 6.54 Å². The molecule has 0 atom stereocenters. The Hall–Kier alpha value is -1.21. The van der Waals surface area contributed by atoms with E-state index in [1.807, 2.05) is 13.1 Å². The summed E-state index contributed by atoms with van der Waals surface area (Å²) in [5.74, 6) is 0.537. The van der Waals surface area contributed by atoms with Crippen LogP contribution in [0, 0.1) is 6.92 Å². The maximum absolute atomic E-state index is 11.3. The third-order valence-corrected chi connectivity index (χ3v) is 3.54. The SMILES string of the molecule is Cc1ncc(CNc2nc[nH]c(=O)c2Br)s1. The van der Waals surface area contributed by atoms with E-state index in [1.54, 1.807) is 11.3 Å². The molecule has 0 fully saturated rings. The Labute approximate surface area is 104 Å². The molecule has 7 heteroatoms. The van der Waals surface area contributed by atoms with Crippen LogP contribution >= 0.6 is 27.3 Å². The van der Waals surface area contributed by atoms with Gasteiger partial charge in [0.15, 0.2) is 0 Å². The second-order valence-corrected chi connectivity index (χ2v) is 5.21. The molecular formula is C9H9BrN4OS. The van der Waals surface area contributed by atoms with Gasteiger partial charge in [0, 0.05) is 11.1 Å². The summed E-state index contributed by atoms with van der Waals surface area (Å²) < 4.78 is 0.413. The number of aryl methyl sites for hydroxylation is 1. The van der Waals surface area contributed by atoms with Crippen molar-refractivity contribution in [1.82, 2.24) is 15.0 Å². The zero-order valence-corrected chi connectivity index (χ0v) is 10.9. The van der Waals surface area contributed by atoms with E-state index >= 15 is 0 Å². The first-order chi connectivity index (χ1) is 7.66. The van der Waals surface area contributed by atoms with E-state index < -0.39 is 0 Å². The number of hydrogen-bond acceptors (Lipinski definition) is 5. The molecular weight excluding hydrogens is 292 g/mol. The van der Waals surface area contributed by atoms with E-state index in [4.69, 9.17) is 0 Å². The fraction of sp³-hybridized carbons (Fsp3) is 0.222. The molecule has 0 aliphatic rings. The Morgan fingerprint density at radius 3 is 3.06 bits per heavy atom. The van der Waals surface area contributed by atoms with Crippen molar-refractivity contribution >= 4 is 33.1 Å². The predicted molar refractivity (Wildman–Crippen MR) is 66.7 cm³/mol. The molecule has 0 radical (unpaired) electrons. The molecule has 0 saturated carbocycles. The Kier molecular flexibility index (Phi) is 3.35. The number of anilines is 1. The third-order valence-electron chi connectivity index (χ3n) is 1.90. The number of rotatable bonds is 3. The van der Waals surface area contributed by atoms with Gasteiger partial charge in [-0.25, -0.2) is 9.97 Å². The predicted octanol–water partition coefficient (Wildman–Crippen LogP) is 1.91. The summed E-state index contributed by atoms with van der Waals surface area (Å²) in [6.45, 7) is 2.57. The van der Waals surface area contributed by atoms with Gasteiger partial charge in [-0.3, -0.25) is 4.79 Å². The lowest BCUT2D eigenvalue weighted by atomic mass is 10.5. The van der Waals surface area contributed by atoms with Crippen molar-refractivity contribution in [2.45, 2.75) is 13.5 Å². The van der Waals surface area contributed by atoms with Crippen LogP contribution in [0.1, 0.15) is 9.88 Å². The number of nitrogens with zero attached hydrogens (tertiary/aromatic N) is 2. The summed E-state index contributed by atoms with van der Waals surface area (Å²) in [4.78, 5) is 23.0. The average molecular weight is 301 g/mol. The second-order valence-electron chi connectivity index (χ2n) is 3.09. The minimum Gasteiger partial charge on any atom is -0.364 e. The molecule has 2 rings (SSSR count). The van der Waals surface area contributed by atoms with Gasteiger partial charge in [0.2, 0.25) is 0 Å². The number of aromatic nitrogens is 3. The summed E-state index contributed by atoms with van der Waals surface area (Å²) in [7, 11) is 0. The van der Waals surface area contributed by atoms with Crippen LogP contribution in [0.4, 0.5) is 5.82 Å². The molecule has 2 heterocycles. The summed E-state index contributed by atoms with van der Waals surface area (Å²) >= 11 is 4.79. The Morgan fingerprint density at radius 1 is 1.56 bits per heavy atom. The molecule has 0 bridgehead atoms. The quantitative estimate of drug-likeness (QED) is 0.908. The number of nitrogens with one attached hydrogen (secondary N) is 2. The van der Waals surface area contributed by atoms with E-state index in [0.29, 0.717) is 16.8 Å². The summed E-state index contributed by atoms with van der Waals surface area (Å²) in [6, 6.07) is 0. The zero-order valence-electron chi connectivity index (χ0n) is 8.45. The van der Waals surface area contributed by atoms with Gasteiger partial charge in [-0.1, -0.05) is 0 Å². The van der Waals surface area contributed by atoms with Gasteiger partial charge in [-0.15, -0.1) is 11.3 Å². The van der Waals surface area contributed by atoms with Crippen molar-refractivity contribution in [2.75, 3.05) is 5.32 Å². The number of halogens is 1. The highest BCUT2D eigenvalue weighted by Crippen LogP contribution is 2.16. The molecule has 0 unspecified atom stereocenters. The minimum atomic E-state index is -0.196. The van der Waals surface area contributed by atoms with Crippen LogP contribution in [0.3, 0.4) is 0 Å². The summed E-state index contributed by atoms with van der Waals surface area (Å²) in [5.41, 5.74) is -0.196. The standard InChI is InChI=1S/C9H9BrN4OS/c1-5-11-2-6(16-5)3-12-8-7(10)9(15)14-4-13-8/h2,4H,3H2,1H3,(H2,12,13,14,15). The van der Waals surface area contributed by atoms with E-state index in [0.717, 1.165) is 9.88 Å². The molecule has 0 aliphatic carbocycles. The Balaban J connectivity index is 2.10. The molecule has 0 aliphatic heterocycles. The fourth-order valence-electron chi connectivity index (χ4n) is 1.16. The highest BCUT2D eigenvalue weighted by molar-refractivity contribution is 9.10. The van der Waals surface area contributed by atoms with Crippen molar-refractivity contribution in [2.24, 2.45) is 0 Å². The molecule has 84 valence electrons. The van der Waals surface area contributed by atoms with Crippen molar-refractivity contribution in [3.63, 3.8) is 0 Å². The van der Waals surface area contributed by atoms with Crippen molar-refractivity contribution < 1.29 is 0 Å². The first-order valence-electron chi connectivity index (χ1n) is 4.55. The number of thiazole rings is 1. The van der Waals surface area contributed by atoms with E-state index in [2.05, 4.69) is 36.2 Å². The smallest absolute Gasteiger partial charge is 0.267 e. The zero-order chi connectivity index (χ0) is 11.5. The van der Waals surface area contributed by atoms with Crippen LogP contribution in [0.25, 0.3) is 0 Å². The molecule has 2 aromatic rings. The Morgan fingerprint density at radius 2 is 2.38 bits per heavy atom. The van der Waals surface area contributed by atoms with Crippen molar-refractivity contribution in [3.05, 3.63) is 37.2 Å². The normalized spacial score (nSPS) is 10.4. The molecule has 0 saturated heterocycles. The fourth-order valence-corrected chi connectivity index (χ4v) is 2.26. The lowest BCUT2D eigenvalue weighted by Gasteiger charge is -2.04. The number of hydrogen-bond donors (Lipinski definition) is 2. The molecule has 16 heavy (non-hydrogen) atoms. The highest BCUT2D eigenvalue weighted by Gasteiger charge is 2.05. The maximum atomic E-state index is 11.3. The maximum Gasteiger partial charge on any atom is 0.267 e. The third kappa shape index (κ3) is 2.48.